The predicted molar refractivity (Wildman–Crippen MR) is 63.3 cm³/mol. The summed E-state index contributed by atoms with van der Waals surface area (Å²) in [5, 5.41) is 3.87. The Hall–Kier alpha value is -1.63. The minimum Gasteiger partial charge on any atom is -0.222 e. The predicted octanol–water partition coefficient (Wildman–Crippen LogP) is 3.46. The number of rotatable bonds is 2. The normalized spacial score (nSPS) is 12.2. The lowest BCUT2D eigenvalue weighted by Crippen LogP contribution is -2.13. The SMILES string of the molecule is CC(C)c1ccn(-c2cc(Cl)nc(C(F)(F)F)n2)n1. The molecule has 0 bridgehead atoms. The van der Waals surface area contributed by atoms with Crippen LogP contribution in [0.2, 0.25) is 5.15 Å². The van der Waals surface area contributed by atoms with Crippen molar-refractivity contribution in [3.05, 3.63) is 35.0 Å². The topological polar surface area (TPSA) is 43.6 Å². The molecule has 0 N–H and O–H groups in total. The van der Waals surface area contributed by atoms with Crippen LogP contribution in [0.5, 0.6) is 0 Å². The lowest BCUT2D eigenvalue weighted by molar-refractivity contribution is -0.145. The Balaban J connectivity index is 2.47. The molecule has 2 rings (SSSR count). The van der Waals surface area contributed by atoms with Crippen molar-refractivity contribution in [2.24, 2.45) is 0 Å². The Morgan fingerprint density at radius 3 is 2.47 bits per heavy atom. The Labute approximate surface area is 112 Å². The zero-order valence-corrected chi connectivity index (χ0v) is 10.9. The van der Waals surface area contributed by atoms with Crippen molar-refractivity contribution in [3.8, 4) is 5.82 Å². The highest BCUT2D eigenvalue weighted by Crippen LogP contribution is 2.28. The molecule has 0 saturated carbocycles. The zero-order chi connectivity index (χ0) is 14.2. The number of alkyl halides is 3. The molecule has 0 radical (unpaired) electrons. The third-order valence-electron chi connectivity index (χ3n) is 2.37. The Bertz CT molecular complexity index is 592. The van der Waals surface area contributed by atoms with Gasteiger partial charge < -0.3 is 0 Å². The molecule has 0 atom stereocenters. The van der Waals surface area contributed by atoms with Crippen LogP contribution in [0.1, 0.15) is 31.3 Å². The van der Waals surface area contributed by atoms with Crippen molar-refractivity contribution in [2.45, 2.75) is 25.9 Å². The van der Waals surface area contributed by atoms with Crippen LogP contribution in [0.4, 0.5) is 13.2 Å². The van der Waals surface area contributed by atoms with E-state index in [0.717, 1.165) is 5.69 Å². The zero-order valence-electron chi connectivity index (χ0n) is 10.1. The summed E-state index contributed by atoms with van der Waals surface area (Å²) in [6, 6.07) is 2.95. The molecular formula is C11H10ClF3N4. The molecule has 0 aliphatic rings. The van der Waals surface area contributed by atoms with Crippen molar-refractivity contribution < 1.29 is 13.2 Å². The average molecular weight is 291 g/mol. The van der Waals surface area contributed by atoms with E-state index in [1.54, 1.807) is 6.07 Å². The molecule has 19 heavy (non-hydrogen) atoms. The molecule has 8 heteroatoms. The summed E-state index contributed by atoms with van der Waals surface area (Å²) in [5.41, 5.74) is 0.753. The quantitative estimate of drug-likeness (QED) is 0.796. The Morgan fingerprint density at radius 1 is 1.26 bits per heavy atom. The second-order valence-electron chi connectivity index (χ2n) is 4.21. The van der Waals surface area contributed by atoms with Gasteiger partial charge >= 0.3 is 6.18 Å². The fourth-order valence-electron chi connectivity index (χ4n) is 1.42. The fourth-order valence-corrected chi connectivity index (χ4v) is 1.60. The maximum atomic E-state index is 12.6. The standard InChI is InChI=1S/C11H10ClF3N4/c1-6(2)7-3-4-19(18-7)9-5-8(12)16-10(17-9)11(13,14)15/h3-6H,1-2H3. The van der Waals surface area contributed by atoms with Gasteiger partial charge in [0.15, 0.2) is 5.82 Å². The summed E-state index contributed by atoms with van der Waals surface area (Å²) in [7, 11) is 0. The Kier molecular flexibility index (Phi) is 3.49. The van der Waals surface area contributed by atoms with Crippen LogP contribution in [-0.2, 0) is 6.18 Å². The van der Waals surface area contributed by atoms with E-state index >= 15 is 0 Å². The molecule has 0 aromatic carbocycles. The van der Waals surface area contributed by atoms with E-state index in [0.29, 0.717) is 0 Å². The molecule has 2 aromatic rings. The van der Waals surface area contributed by atoms with Gasteiger partial charge in [-0.25, -0.2) is 14.6 Å². The van der Waals surface area contributed by atoms with Gasteiger partial charge in [0.2, 0.25) is 5.82 Å². The van der Waals surface area contributed by atoms with Crippen LogP contribution >= 0.6 is 11.6 Å². The van der Waals surface area contributed by atoms with Crippen molar-refractivity contribution >= 4 is 11.6 Å². The minimum atomic E-state index is -4.65. The van der Waals surface area contributed by atoms with Crippen molar-refractivity contribution in [3.63, 3.8) is 0 Å². The largest absolute Gasteiger partial charge is 0.451 e. The molecular weight excluding hydrogens is 281 g/mol. The monoisotopic (exact) mass is 290 g/mol. The highest BCUT2D eigenvalue weighted by Gasteiger charge is 2.35. The van der Waals surface area contributed by atoms with E-state index in [-0.39, 0.29) is 16.9 Å². The molecule has 0 saturated heterocycles. The first kappa shape index (κ1) is 13.8. The summed E-state index contributed by atoms with van der Waals surface area (Å²) in [6.07, 6.45) is -3.11. The van der Waals surface area contributed by atoms with Crippen LogP contribution in [-0.4, -0.2) is 19.7 Å². The van der Waals surface area contributed by atoms with Gasteiger partial charge in [0.1, 0.15) is 5.15 Å². The summed E-state index contributed by atoms with van der Waals surface area (Å²) in [5.74, 6) is -1.13. The minimum absolute atomic E-state index is 0.0146. The van der Waals surface area contributed by atoms with Gasteiger partial charge in [0.25, 0.3) is 0 Å². The second-order valence-corrected chi connectivity index (χ2v) is 4.60. The number of hydrogen-bond acceptors (Lipinski definition) is 3. The van der Waals surface area contributed by atoms with Crippen molar-refractivity contribution in [2.75, 3.05) is 0 Å². The Morgan fingerprint density at radius 2 is 1.95 bits per heavy atom. The summed E-state index contributed by atoms with van der Waals surface area (Å²) < 4.78 is 39.0. The van der Waals surface area contributed by atoms with Crippen LogP contribution in [0.15, 0.2) is 18.3 Å². The third-order valence-corrected chi connectivity index (χ3v) is 2.56. The molecule has 0 spiro atoms. The van der Waals surface area contributed by atoms with E-state index < -0.39 is 12.0 Å². The van der Waals surface area contributed by atoms with Crippen molar-refractivity contribution in [1.29, 1.82) is 0 Å². The second kappa shape index (κ2) is 4.80. The van der Waals surface area contributed by atoms with Gasteiger partial charge in [-0.3, -0.25) is 0 Å². The molecule has 0 aliphatic carbocycles. The van der Waals surface area contributed by atoms with E-state index in [1.165, 1.54) is 16.9 Å². The van der Waals surface area contributed by atoms with E-state index in [9.17, 15) is 13.2 Å². The first-order valence-corrected chi connectivity index (χ1v) is 5.83. The molecule has 0 amide bonds. The smallest absolute Gasteiger partial charge is 0.222 e. The molecule has 4 nitrogen and oxygen atoms in total. The van der Waals surface area contributed by atoms with Gasteiger partial charge in [-0.1, -0.05) is 25.4 Å². The fraction of sp³-hybridized carbons (Fsp3) is 0.364. The first-order chi connectivity index (χ1) is 8.77. The number of aromatic nitrogens is 4. The summed E-state index contributed by atoms with van der Waals surface area (Å²) in [4.78, 5) is 6.59. The van der Waals surface area contributed by atoms with Gasteiger partial charge in [0, 0.05) is 12.3 Å². The molecule has 2 aromatic heterocycles. The number of nitrogens with zero attached hydrogens (tertiary/aromatic N) is 4. The lowest BCUT2D eigenvalue weighted by atomic mass is 10.1. The lowest BCUT2D eigenvalue weighted by Gasteiger charge is -2.07. The van der Waals surface area contributed by atoms with Crippen molar-refractivity contribution in [1.82, 2.24) is 19.7 Å². The van der Waals surface area contributed by atoms with Crippen LogP contribution < -0.4 is 0 Å². The maximum Gasteiger partial charge on any atom is 0.451 e. The van der Waals surface area contributed by atoms with E-state index in [2.05, 4.69) is 15.1 Å². The number of hydrogen-bond donors (Lipinski definition) is 0. The molecule has 102 valence electrons. The third kappa shape index (κ3) is 3.04. The van der Waals surface area contributed by atoms with E-state index in [4.69, 9.17) is 11.6 Å². The average Bonchev–Trinajstić information content (AvgIpc) is 2.76. The molecule has 0 unspecified atom stereocenters. The summed E-state index contributed by atoms with van der Waals surface area (Å²) in [6.45, 7) is 3.86. The van der Waals surface area contributed by atoms with Crippen LogP contribution in [0.25, 0.3) is 5.82 Å². The van der Waals surface area contributed by atoms with Gasteiger partial charge in [-0.2, -0.15) is 18.3 Å². The van der Waals surface area contributed by atoms with E-state index in [1.807, 2.05) is 13.8 Å². The number of halogens is 4. The van der Waals surface area contributed by atoms with Crippen LogP contribution in [0.3, 0.4) is 0 Å². The van der Waals surface area contributed by atoms with Gasteiger partial charge in [0.05, 0.1) is 5.69 Å². The molecule has 2 heterocycles. The van der Waals surface area contributed by atoms with Gasteiger partial charge in [-0.15, -0.1) is 0 Å². The highest BCUT2D eigenvalue weighted by molar-refractivity contribution is 6.29. The highest BCUT2D eigenvalue weighted by atomic mass is 35.5. The first-order valence-electron chi connectivity index (χ1n) is 5.45. The van der Waals surface area contributed by atoms with Gasteiger partial charge in [-0.05, 0) is 12.0 Å². The molecule has 0 aliphatic heterocycles. The van der Waals surface area contributed by atoms with Crippen LogP contribution in [0, 0.1) is 0 Å². The molecule has 0 fully saturated rings. The maximum absolute atomic E-state index is 12.6. The summed E-state index contributed by atoms with van der Waals surface area (Å²) >= 11 is 5.58.